The molecule has 3 heterocycles. The van der Waals surface area contributed by atoms with Crippen LogP contribution in [0.4, 0.5) is 17.5 Å². The summed E-state index contributed by atoms with van der Waals surface area (Å²) in [6, 6.07) is 8.24. The number of nitrogens with zero attached hydrogens (tertiary/aromatic N) is 5. The maximum Gasteiger partial charge on any atom is 0.229 e. The van der Waals surface area contributed by atoms with Crippen LogP contribution in [-0.2, 0) is 0 Å². The highest BCUT2D eigenvalue weighted by Gasteiger charge is 2.20. The van der Waals surface area contributed by atoms with Crippen molar-refractivity contribution in [1.82, 2.24) is 19.9 Å². The fourth-order valence-corrected chi connectivity index (χ4v) is 3.23. The Hall–Kier alpha value is -2.76. The van der Waals surface area contributed by atoms with Crippen LogP contribution in [0.2, 0.25) is 0 Å². The van der Waals surface area contributed by atoms with Gasteiger partial charge in [-0.3, -0.25) is 0 Å². The van der Waals surface area contributed by atoms with Gasteiger partial charge in [-0.2, -0.15) is 9.97 Å². The molecule has 0 aliphatic carbocycles. The van der Waals surface area contributed by atoms with E-state index in [0.717, 1.165) is 24.7 Å². The standard InChI is InChI=1S/C19H22N6/c1-13-5-7-15(8-6-13)22-18-16-17(21-10-9-20-16)23-19(24-18)25-11-3-4-14(2)12-25/h5-10,14H,3-4,11-12H2,1-2H3,(H,21,22,23,24). The molecule has 6 heteroatoms. The predicted molar refractivity (Wildman–Crippen MR) is 100 cm³/mol. The molecule has 1 saturated heterocycles. The number of piperidine rings is 1. The molecule has 1 aliphatic rings. The van der Waals surface area contributed by atoms with E-state index < -0.39 is 0 Å². The van der Waals surface area contributed by atoms with Gasteiger partial charge in [-0.15, -0.1) is 0 Å². The summed E-state index contributed by atoms with van der Waals surface area (Å²) in [5.41, 5.74) is 3.52. The van der Waals surface area contributed by atoms with Gasteiger partial charge >= 0.3 is 0 Å². The predicted octanol–water partition coefficient (Wildman–Crippen LogP) is 3.71. The van der Waals surface area contributed by atoms with Crippen molar-refractivity contribution in [2.45, 2.75) is 26.7 Å². The van der Waals surface area contributed by atoms with E-state index in [1.165, 1.54) is 18.4 Å². The van der Waals surface area contributed by atoms with Crippen molar-refractivity contribution < 1.29 is 0 Å². The number of rotatable bonds is 3. The summed E-state index contributed by atoms with van der Waals surface area (Å²) in [7, 11) is 0. The first-order chi connectivity index (χ1) is 12.2. The van der Waals surface area contributed by atoms with Crippen molar-refractivity contribution in [2.24, 2.45) is 5.92 Å². The second-order valence-corrected chi connectivity index (χ2v) is 6.79. The van der Waals surface area contributed by atoms with Gasteiger partial charge in [0.05, 0.1) is 0 Å². The van der Waals surface area contributed by atoms with Gasteiger partial charge in [0.15, 0.2) is 17.0 Å². The van der Waals surface area contributed by atoms with Crippen molar-refractivity contribution in [1.29, 1.82) is 0 Å². The lowest BCUT2D eigenvalue weighted by atomic mass is 10.0. The van der Waals surface area contributed by atoms with Gasteiger partial charge in [-0.1, -0.05) is 24.6 Å². The van der Waals surface area contributed by atoms with Gasteiger partial charge in [-0.25, -0.2) is 9.97 Å². The normalized spacial score (nSPS) is 17.7. The lowest BCUT2D eigenvalue weighted by Gasteiger charge is -2.31. The second-order valence-electron chi connectivity index (χ2n) is 6.79. The molecule has 3 aromatic rings. The van der Waals surface area contributed by atoms with Crippen LogP contribution in [-0.4, -0.2) is 33.0 Å². The van der Waals surface area contributed by atoms with E-state index in [0.29, 0.717) is 22.9 Å². The van der Waals surface area contributed by atoms with E-state index in [9.17, 15) is 0 Å². The lowest BCUT2D eigenvalue weighted by Crippen LogP contribution is -2.35. The zero-order chi connectivity index (χ0) is 17.2. The molecule has 0 amide bonds. The van der Waals surface area contributed by atoms with Crippen LogP contribution in [0.1, 0.15) is 25.3 Å². The third-order valence-electron chi connectivity index (χ3n) is 4.58. The smallest absolute Gasteiger partial charge is 0.229 e. The van der Waals surface area contributed by atoms with E-state index >= 15 is 0 Å². The van der Waals surface area contributed by atoms with E-state index in [4.69, 9.17) is 4.98 Å². The quantitative estimate of drug-likeness (QED) is 0.787. The zero-order valence-electron chi connectivity index (χ0n) is 14.6. The fourth-order valence-electron chi connectivity index (χ4n) is 3.23. The van der Waals surface area contributed by atoms with Gasteiger partial charge in [0.1, 0.15) is 0 Å². The molecule has 0 bridgehead atoms. The minimum atomic E-state index is 0.625. The van der Waals surface area contributed by atoms with Crippen LogP contribution >= 0.6 is 0 Å². The SMILES string of the molecule is Cc1ccc(Nc2nc(N3CCCC(C)C3)nc3nccnc23)cc1. The summed E-state index contributed by atoms with van der Waals surface area (Å²) in [6.07, 6.45) is 5.78. The Labute approximate surface area is 147 Å². The molecule has 128 valence electrons. The van der Waals surface area contributed by atoms with Crippen molar-refractivity contribution in [3.8, 4) is 0 Å². The highest BCUT2D eigenvalue weighted by molar-refractivity contribution is 5.85. The fraction of sp³-hybridized carbons (Fsp3) is 0.368. The van der Waals surface area contributed by atoms with Gasteiger partial charge in [0, 0.05) is 31.2 Å². The highest BCUT2D eigenvalue weighted by Crippen LogP contribution is 2.26. The Morgan fingerprint density at radius 2 is 1.88 bits per heavy atom. The average molecular weight is 334 g/mol. The number of anilines is 3. The molecule has 2 aromatic heterocycles. The molecule has 1 N–H and O–H groups in total. The van der Waals surface area contributed by atoms with E-state index in [1.807, 2.05) is 12.1 Å². The van der Waals surface area contributed by atoms with Gasteiger partial charge in [0.25, 0.3) is 0 Å². The summed E-state index contributed by atoms with van der Waals surface area (Å²) in [5.74, 6) is 2.09. The lowest BCUT2D eigenvalue weighted by molar-refractivity contribution is 0.442. The molecular weight excluding hydrogens is 312 g/mol. The van der Waals surface area contributed by atoms with Crippen molar-refractivity contribution in [2.75, 3.05) is 23.3 Å². The van der Waals surface area contributed by atoms with Crippen molar-refractivity contribution in [3.63, 3.8) is 0 Å². The van der Waals surface area contributed by atoms with Gasteiger partial charge in [-0.05, 0) is 37.8 Å². The molecule has 25 heavy (non-hydrogen) atoms. The van der Waals surface area contributed by atoms with Crippen LogP contribution in [0.15, 0.2) is 36.7 Å². The minimum absolute atomic E-state index is 0.625. The number of fused-ring (bicyclic) bond motifs is 1. The Balaban J connectivity index is 1.74. The molecule has 1 unspecified atom stereocenters. The maximum absolute atomic E-state index is 4.78. The number of benzene rings is 1. The molecule has 0 saturated carbocycles. The Morgan fingerprint density at radius 1 is 1.08 bits per heavy atom. The van der Waals surface area contributed by atoms with Crippen LogP contribution < -0.4 is 10.2 Å². The van der Waals surface area contributed by atoms with Crippen molar-refractivity contribution >= 4 is 28.6 Å². The number of hydrogen-bond donors (Lipinski definition) is 1. The highest BCUT2D eigenvalue weighted by atomic mass is 15.3. The first-order valence-electron chi connectivity index (χ1n) is 8.76. The number of aromatic nitrogens is 4. The summed E-state index contributed by atoms with van der Waals surface area (Å²) < 4.78 is 0. The van der Waals surface area contributed by atoms with E-state index in [-0.39, 0.29) is 0 Å². The zero-order valence-corrected chi connectivity index (χ0v) is 14.6. The molecule has 4 rings (SSSR count). The van der Waals surface area contributed by atoms with Crippen LogP contribution in [0.3, 0.4) is 0 Å². The molecule has 6 nitrogen and oxygen atoms in total. The molecule has 1 fully saturated rings. The number of nitrogens with one attached hydrogen (secondary N) is 1. The van der Waals surface area contributed by atoms with Gasteiger partial charge < -0.3 is 10.2 Å². The number of aryl methyl sites for hydroxylation is 1. The molecule has 1 aliphatic heterocycles. The maximum atomic E-state index is 4.78. The van der Waals surface area contributed by atoms with E-state index in [2.05, 4.69) is 51.1 Å². The third kappa shape index (κ3) is 3.38. The summed E-state index contributed by atoms with van der Waals surface area (Å²) in [5, 5.41) is 3.38. The van der Waals surface area contributed by atoms with Crippen LogP contribution in [0.25, 0.3) is 11.2 Å². The Kier molecular flexibility index (Phi) is 4.17. The minimum Gasteiger partial charge on any atom is -0.340 e. The van der Waals surface area contributed by atoms with Crippen molar-refractivity contribution in [3.05, 3.63) is 42.2 Å². The third-order valence-corrected chi connectivity index (χ3v) is 4.58. The van der Waals surface area contributed by atoms with Gasteiger partial charge in [0.2, 0.25) is 5.95 Å². The first-order valence-corrected chi connectivity index (χ1v) is 8.76. The largest absolute Gasteiger partial charge is 0.340 e. The Morgan fingerprint density at radius 3 is 2.68 bits per heavy atom. The molecular formula is C19H22N6. The topological polar surface area (TPSA) is 66.8 Å². The van der Waals surface area contributed by atoms with Crippen LogP contribution in [0, 0.1) is 12.8 Å². The van der Waals surface area contributed by atoms with Crippen LogP contribution in [0.5, 0.6) is 0 Å². The average Bonchev–Trinajstić information content (AvgIpc) is 2.63. The monoisotopic (exact) mass is 334 g/mol. The second kappa shape index (κ2) is 6.63. The summed E-state index contributed by atoms with van der Waals surface area (Å²) in [4.78, 5) is 20.5. The Bertz CT molecular complexity index is 877. The molecule has 0 spiro atoms. The molecule has 1 atom stereocenters. The molecule has 0 radical (unpaired) electrons. The summed E-state index contributed by atoms with van der Waals surface area (Å²) >= 11 is 0. The first kappa shape index (κ1) is 15.7. The van der Waals surface area contributed by atoms with E-state index in [1.54, 1.807) is 12.4 Å². The number of hydrogen-bond acceptors (Lipinski definition) is 6. The summed E-state index contributed by atoms with van der Waals surface area (Å²) in [6.45, 7) is 6.32. The molecule has 1 aromatic carbocycles.